The SMILES string of the molecule is CC(=O)c1ccc(S(=O)(=O)N2CC[NH+](CC(=O)N(C(C)C)C(C)C)CC2)cc1. The molecule has 8 heteroatoms. The van der Waals surface area contributed by atoms with E-state index in [9.17, 15) is 18.0 Å². The van der Waals surface area contributed by atoms with Crippen LogP contribution in [0.15, 0.2) is 29.2 Å². The fourth-order valence-corrected chi connectivity index (χ4v) is 5.15. The van der Waals surface area contributed by atoms with E-state index in [1.807, 2.05) is 32.6 Å². The number of nitrogens with zero attached hydrogens (tertiary/aromatic N) is 2. The van der Waals surface area contributed by atoms with Crippen LogP contribution in [0.4, 0.5) is 0 Å². The zero-order valence-electron chi connectivity index (χ0n) is 17.4. The molecule has 1 heterocycles. The van der Waals surface area contributed by atoms with E-state index in [1.165, 1.54) is 23.4 Å². The summed E-state index contributed by atoms with van der Waals surface area (Å²) in [6, 6.07) is 6.34. The van der Waals surface area contributed by atoms with E-state index >= 15 is 0 Å². The number of carbonyl (C=O) groups is 2. The Hall–Kier alpha value is -1.77. The van der Waals surface area contributed by atoms with Crippen LogP contribution < -0.4 is 4.90 Å². The van der Waals surface area contributed by atoms with Crippen molar-refractivity contribution >= 4 is 21.7 Å². The van der Waals surface area contributed by atoms with Gasteiger partial charge in [0.15, 0.2) is 12.3 Å². The number of quaternary nitrogens is 1. The summed E-state index contributed by atoms with van der Waals surface area (Å²) in [6.07, 6.45) is 0. The van der Waals surface area contributed by atoms with Gasteiger partial charge >= 0.3 is 0 Å². The zero-order valence-corrected chi connectivity index (χ0v) is 18.3. The molecule has 1 aromatic carbocycles. The molecule has 0 unspecified atom stereocenters. The molecule has 1 aliphatic heterocycles. The van der Waals surface area contributed by atoms with Gasteiger partial charge in [0.05, 0.1) is 31.1 Å². The van der Waals surface area contributed by atoms with E-state index in [-0.39, 0.29) is 28.7 Å². The molecule has 1 aliphatic rings. The number of amides is 1. The maximum absolute atomic E-state index is 12.8. The second-order valence-corrected chi connectivity index (χ2v) is 9.84. The maximum atomic E-state index is 12.8. The van der Waals surface area contributed by atoms with E-state index in [2.05, 4.69) is 0 Å². The van der Waals surface area contributed by atoms with Gasteiger partial charge in [-0.15, -0.1) is 0 Å². The van der Waals surface area contributed by atoms with Gasteiger partial charge < -0.3 is 9.80 Å². The predicted molar refractivity (Wildman–Crippen MR) is 108 cm³/mol. The normalized spacial score (nSPS) is 16.5. The molecule has 1 saturated heterocycles. The minimum atomic E-state index is -3.59. The standard InChI is InChI=1S/C20H31N3O4S/c1-15(2)23(16(3)4)20(25)14-21-10-12-22(13-11-21)28(26,27)19-8-6-18(7-9-19)17(5)24/h6-9,15-16H,10-14H2,1-5H3/p+1. The summed E-state index contributed by atoms with van der Waals surface area (Å²) < 4.78 is 27.1. The molecule has 156 valence electrons. The van der Waals surface area contributed by atoms with Crippen molar-refractivity contribution in [1.82, 2.24) is 9.21 Å². The summed E-state index contributed by atoms with van der Waals surface area (Å²) in [5, 5.41) is 0. The molecule has 0 atom stereocenters. The van der Waals surface area contributed by atoms with Crippen molar-refractivity contribution in [3.63, 3.8) is 0 Å². The Labute approximate surface area is 168 Å². The van der Waals surface area contributed by atoms with Crippen LogP contribution in [-0.4, -0.2) is 74.1 Å². The van der Waals surface area contributed by atoms with Crippen molar-refractivity contribution in [2.75, 3.05) is 32.7 Å². The van der Waals surface area contributed by atoms with Gasteiger partial charge in [0.2, 0.25) is 10.0 Å². The molecule has 28 heavy (non-hydrogen) atoms. The van der Waals surface area contributed by atoms with E-state index in [4.69, 9.17) is 0 Å². The van der Waals surface area contributed by atoms with Gasteiger partial charge in [-0.2, -0.15) is 4.31 Å². The molecule has 1 aromatic rings. The lowest BCUT2D eigenvalue weighted by molar-refractivity contribution is -0.896. The van der Waals surface area contributed by atoms with Gasteiger partial charge in [-0.1, -0.05) is 12.1 Å². The van der Waals surface area contributed by atoms with Crippen LogP contribution in [0.3, 0.4) is 0 Å². The topological polar surface area (TPSA) is 79.2 Å². The number of hydrogen-bond donors (Lipinski definition) is 1. The predicted octanol–water partition coefficient (Wildman–Crippen LogP) is 0.424. The number of sulfonamides is 1. The molecule has 0 bridgehead atoms. The molecule has 0 aliphatic carbocycles. The second kappa shape index (κ2) is 9.15. The first-order valence-electron chi connectivity index (χ1n) is 9.80. The van der Waals surface area contributed by atoms with Crippen LogP contribution >= 0.6 is 0 Å². The van der Waals surface area contributed by atoms with E-state index in [1.54, 1.807) is 12.1 Å². The van der Waals surface area contributed by atoms with Crippen LogP contribution in [0.1, 0.15) is 45.0 Å². The third-order valence-electron chi connectivity index (χ3n) is 5.13. The van der Waals surface area contributed by atoms with Crippen molar-refractivity contribution in [3.8, 4) is 0 Å². The molecule has 0 saturated carbocycles. The van der Waals surface area contributed by atoms with Crippen LogP contribution in [0.2, 0.25) is 0 Å². The highest BCUT2D eigenvalue weighted by Gasteiger charge is 2.32. The molecule has 2 rings (SSSR count). The Balaban J connectivity index is 1.99. The van der Waals surface area contributed by atoms with E-state index < -0.39 is 10.0 Å². The van der Waals surface area contributed by atoms with Crippen molar-refractivity contribution in [1.29, 1.82) is 0 Å². The first-order chi connectivity index (χ1) is 13.0. The highest BCUT2D eigenvalue weighted by atomic mass is 32.2. The van der Waals surface area contributed by atoms with Gasteiger partial charge in [0.1, 0.15) is 0 Å². The Bertz CT molecular complexity index is 787. The lowest BCUT2D eigenvalue weighted by Gasteiger charge is -2.35. The van der Waals surface area contributed by atoms with Crippen molar-refractivity contribution in [2.45, 2.75) is 51.6 Å². The molecule has 1 fully saturated rings. The summed E-state index contributed by atoms with van der Waals surface area (Å²) in [4.78, 5) is 27.2. The molecule has 1 amide bonds. The van der Waals surface area contributed by atoms with Gasteiger partial charge in [0.25, 0.3) is 5.91 Å². The van der Waals surface area contributed by atoms with Crippen LogP contribution in [0.5, 0.6) is 0 Å². The summed E-state index contributed by atoms with van der Waals surface area (Å²) in [7, 11) is -3.59. The zero-order chi connectivity index (χ0) is 21.1. The maximum Gasteiger partial charge on any atom is 0.278 e. The largest absolute Gasteiger partial charge is 0.333 e. The van der Waals surface area contributed by atoms with Crippen LogP contribution in [0.25, 0.3) is 0 Å². The number of piperazine rings is 1. The first kappa shape index (κ1) is 22.5. The fourth-order valence-electron chi connectivity index (χ4n) is 3.71. The van der Waals surface area contributed by atoms with E-state index in [0.29, 0.717) is 38.3 Å². The van der Waals surface area contributed by atoms with Crippen molar-refractivity contribution < 1.29 is 22.9 Å². The molecule has 0 radical (unpaired) electrons. The molecule has 1 N–H and O–H groups in total. The van der Waals surface area contributed by atoms with Gasteiger partial charge in [-0.25, -0.2) is 8.42 Å². The minimum absolute atomic E-state index is 0.0948. The molecular formula is C20H32N3O4S+. The summed E-state index contributed by atoms with van der Waals surface area (Å²) in [5.74, 6) is 0.0128. The highest BCUT2D eigenvalue weighted by Crippen LogP contribution is 2.16. The van der Waals surface area contributed by atoms with Gasteiger partial charge in [-0.05, 0) is 46.8 Å². The number of Topliss-reactive ketones (excluding diaryl/α,β-unsaturated/α-hetero) is 1. The Morgan fingerprint density at radius 3 is 1.96 bits per heavy atom. The first-order valence-corrected chi connectivity index (χ1v) is 11.2. The number of carbonyl (C=O) groups excluding carboxylic acids is 2. The molecular weight excluding hydrogens is 378 g/mol. The molecule has 7 nitrogen and oxygen atoms in total. The van der Waals surface area contributed by atoms with Crippen molar-refractivity contribution in [3.05, 3.63) is 29.8 Å². The smallest absolute Gasteiger partial charge is 0.278 e. The highest BCUT2D eigenvalue weighted by molar-refractivity contribution is 7.89. The average Bonchev–Trinajstić information content (AvgIpc) is 2.61. The van der Waals surface area contributed by atoms with Gasteiger partial charge in [0, 0.05) is 17.6 Å². The second-order valence-electron chi connectivity index (χ2n) is 7.90. The Morgan fingerprint density at radius 2 is 1.54 bits per heavy atom. The lowest BCUT2D eigenvalue weighted by Crippen LogP contribution is -3.15. The Kier molecular flexibility index (Phi) is 7.36. The third-order valence-corrected chi connectivity index (χ3v) is 7.04. The van der Waals surface area contributed by atoms with Crippen LogP contribution in [0, 0.1) is 0 Å². The fraction of sp³-hybridized carbons (Fsp3) is 0.600. The number of nitrogens with one attached hydrogen (secondary N) is 1. The van der Waals surface area contributed by atoms with E-state index in [0.717, 1.165) is 4.90 Å². The monoisotopic (exact) mass is 410 g/mol. The van der Waals surface area contributed by atoms with Gasteiger partial charge in [-0.3, -0.25) is 9.59 Å². The molecule has 0 spiro atoms. The molecule has 0 aromatic heterocycles. The van der Waals surface area contributed by atoms with Crippen LogP contribution in [-0.2, 0) is 14.8 Å². The summed E-state index contributed by atoms with van der Waals surface area (Å²) >= 11 is 0. The quantitative estimate of drug-likeness (QED) is 0.661. The third kappa shape index (κ3) is 5.18. The average molecular weight is 411 g/mol. The Morgan fingerprint density at radius 1 is 1.04 bits per heavy atom. The number of rotatable bonds is 7. The van der Waals surface area contributed by atoms with Crippen molar-refractivity contribution in [2.24, 2.45) is 0 Å². The minimum Gasteiger partial charge on any atom is -0.333 e. The summed E-state index contributed by atoms with van der Waals surface area (Å²) in [6.45, 7) is 11.8. The number of ketones is 1. The summed E-state index contributed by atoms with van der Waals surface area (Å²) in [5.41, 5.74) is 0.492. The lowest BCUT2D eigenvalue weighted by atomic mass is 10.2. The number of benzene rings is 1. The number of hydrogen-bond acceptors (Lipinski definition) is 4.